The number of allylic oxidation sites excluding steroid dienone is 1. The molecular weight excluding hydrogens is 454 g/mol. The highest BCUT2D eigenvalue weighted by Crippen LogP contribution is 2.38. The molecule has 1 heterocycles. The van der Waals surface area contributed by atoms with E-state index in [0.29, 0.717) is 24.3 Å². The number of carbonyl (C=O) groups is 1. The van der Waals surface area contributed by atoms with Gasteiger partial charge in [0.05, 0.1) is 23.4 Å². The fourth-order valence-corrected chi connectivity index (χ4v) is 4.45. The van der Waals surface area contributed by atoms with Gasteiger partial charge >= 0.3 is 5.97 Å². The molecule has 0 unspecified atom stereocenters. The molecule has 6 heteroatoms. The average Bonchev–Trinajstić information content (AvgIpc) is 3.29. The summed E-state index contributed by atoms with van der Waals surface area (Å²) in [6.45, 7) is 2.93. The fraction of sp³-hybridized carbons (Fsp3) is 0.200. The summed E-state index contributed by atoms with van der Waals surface area (Å²) in [6, 6.07) is 22.1. The highest BCUT2D eigenvalue weighted by molar-refractivity contribution is 6.07. The van der Waals surface area contributed by atoms with Crippen LogP contribution in [0, 0.1) is 0 Å². The largest absolute Gasteiger partial charge is 0.508 e. The summed E-state index contributed by atoms with van der Waals surface area (Å²) in [5.74, 6) is 1.33. The molecule has 6 nitrogen and oxygen atoms in total. The van der Waals surface area contributed by atoms with Crippen LogP contribution in [0.2, 0.25) is 0 Å². The zero-order valence-corrected chi connectivity index (χ0v) is 20.1. The minimum absolute atomic E-state index is 0.133. The number of hydrogen-bond donors (Lipinski definition) is 1. The van der Waals surface area contributed by atoms with E-state index < -0.39 is 0 Å². The van der Waals surface area contributed by atoms with Gasteiger partial charge in [-0.25, -0.2) is 9.78 Å². The van der Waals surface area contributed by atoms with Gasteiger partial charge in [0.25, 0.3) is 0 Å². The molecule has 3 aromatic carbocycles. The summed E-state index contributed by atoms with van der Waals surface area (Å²) in [5.41, 5.74) is 5.11. The van der Waals surface area contributed by atoms with E-state index in [9.17, 15) is 9.90 Å². The molecule has 1 aliphatic carbocycles. The molecule has 4 aromatic rings. The lowest BCUT2D eigenvalue weighted by Gasteiger charge is -2.13. The molecule has 0 aliphatic heterocycles. The molecule has 1 aromatic heterocycles. The number of phenolic OH excluding ortho intramolecular Hbond substituents is 1. The predicted molar refractivity (Wildman–Crippen MR) is 139 cm³/mol. The number of aromatic hydroxyl groups is 1. The Kier molecular flexibility index (Phi) is 6.85. The molecule has 182 valence electrons. The Hall–Kier alpha value is -4.32. The monoisotopic (exact) mass is 481 g/mol. The van der Waals surface area contributed by atoms with Crippen molar-refractivity contribution < 1.29 is 24.1 Å². The topological polar surface area (TPSA) is 77.9 Å². The molecule has 0 fully saturated rings. The van der Waals surface area contributed by atoms with E-state index in [-0.39, 0.29) is 24.9 Å². The quantitative estimate of drug-likeness (QED) is 0.243. The van der Waals surface area contributed by atoms with Crippen LogP contribution in [0.1, 0.15) is 40.5 Å². The molecule has 0 bridgehead atoms. The third kappa shape index (κ3) is 5.03. The zero-order valence-electron chi connectivity index (χ0n) is 20.1. The Morgan fingerprint density at radius 1 is 0.917 bits per heavy atom. The van der Waals surface area contributed by atoms with Crippen LogP contribution in [0.3, 0.4) is 0 Å². The van der Waals surface area contributed by atoms with E-state index in [1.807, 2.05) is 67.6 Å². The van der Waals surface area contributed by atoms with E-state index in [1.165, 1.54) is 0 Å². The number of hydrogen-bond acceptors (Lipinski definition) is 6. The first kappa shape index (κ1) is 23.4. The standard InChI is InChI=1S/C30H27NO5/c1-2-34-23-12-14-24(15-13-23)35-17-18-36-30(33)28-25-5-3-4-6-27(25)31-29-21(9-16-26(28)29)19-20-7-10-22(32)11-8-20/h3-8,10-15,19,32H,2,9,16-18H2,1H3. The van der Waals surface area contributed by atoms with Crippen molar-refractivity contribution >= 4 is 28.5 Å². The first-order valence-electron chi connectivity index (χ1n) is 12.1. The van der Waals surface area contributed by atoms with Crippen LogP contribution in [0.15, 0.2) is 72.8 Å². The number of ether oxygens (including phenoxy) is 3. The number of phenols is 1. The van der Waals surface area contributed by atoms with Crippen LogP contribution in [-0.4, -0.2) is 35.9 Å². The van der Waals surface area contributed by atoms with Crippen molar-refractivity contribution in [3.8, 4) is 17.2 Å². The molecule has 36 heavy (non-hydrogen) atoms. The molecule has 0 saturated heterocycles. The van der Waals surface area contributed by atoms with Crippen LogP contribution < -0.4 is 9.47 Å². The molecule has 0 amide bonds. The molecule has 5 rings (SSSR count). The lowest BCUT2D eigenvalue weighted by molar-refractivity contribution is 0.0451. The second kappa shape index (κ2) is 10.5. The number of carbonyl (C=O) groups excluding carboxylic acids is 1. The first-order chi connectivity index (χ1) is 17.6. The van der Waals surface area contributed by atoms with Gasteiger partial charge in [-0.3, -0.25) is 0 Å². The van der Waals surface area contributed by atoms with Crippen LogP contribution in [0.4, 0.5) is 0 Å². The summed E-state index contributed by atoms with van der Waals surface area (Å²) in [7, 11) is 0. The van der Waals surface area contributed by atoms with Gasteiger partial charge in [0.15, 0.2) is 0 Å². The number of esters is 1. The third-order valence-corrected chi connectivity index (χ3v) is 6.10. The Bertz CT molecular complexity index is 1410. The van der Waals surface area contributed by atoms with Gasteiger partial charge in [0.1, 0.15) is 30.5 Å². The van der Waals surface area contributed by atoms with Gasteiger partial charge in [-0.2, -0.15) is 0 Å². The summed E-state index contributed by atoms with van der Waals surface area (Å²) in [4.78, 5) is 18.2. The lowest BCUT2D eigenvalue weighted by Crippen LogP contribution is -2.15. The highest BCUT2D eigenvalue weighted by Gasteiger charge is 2.27. The normalized spacial score (nSPS) is 13.5. The molecular formula is C30H27NO5. The minimum atomic E-state index is -0.369. The highest BCUT2D eigenvalue weighted by atomic mass is 16.6. The van der Waals surface area contributed by atoms with Crippen LogP contribution in [0.5, 0.6) is 17.2 Å². The second-order valence-electron chi connectivity index (χ2n) is 8.48. The molecule has 1 aliphatic rings. The Labute approximate surface area is 209 Å². The average molecular weight is 482 g/mol. The van der Waals surface area contributed by atoms with Crippen molar-refractivity contribution in [1.82, 2.24) is 4.98 Å². The maximum Gasteiger partial charge on any atom is 0.339 e. The van der Waals surface area contributed by atoms with Gasteiger partial charge in [-0.15, -0.1) is 0 Å². The number of pyridine rings is 1. The van der Waals surface area contributed by atoms with Crippen molar-refractivity contribution in [1.29, 1.82) is 0 Å². The first-order valence-corrected chi connectivity index (χ1v) is 12.1. The maximum absolute atomic E-state index is 13.3. The Morgan fingerprint density at radius 3 is 2.39 bits per heavy atom. The van der Waals surface area contributed by atoms with Gasteiger partial charge in [-0.1, -0.05) is 30.3 Å². The summed E-state index contributed by atoms with van der Waals surface area (Å²) in [5, 5.41) is 10.4. The minimum Gasteiger partial charge on any atom is -0.508 e. The van der Waals surface area contributed by atoms with Crippen molar-refractivity contribution in [2.75, 3.05) is 19.8 Å². The molecule has 1 N–H and O–H groups in total. The lowest BCUT2D eigenvalue weighted by atomic mass is 10.0. The number of nitrogens with zero attached hydrogens (tertiary/aromatic N) is 1. The van der Waals surface area contributed by atoms with Gasteiger partial charge in [0, 0.05) is 5.39 Å². The molecule has 0 spiro atoms. The molecule has 0 atom stereocenters. The SMILES string of the molecule is CCOc1ccc(OCCOC(=O)c2c3c(nc4ccccc24)C(=Cc2ccc(O)cc2)CC3)cc1. The zero-order chi connectivity index (χ0) is 24.9. The van der Waals surface area contributed by atoms with E-state index >= 15 is 0 Å². The number of rotatable bonds is 8. The predicted octanol–water partition coefficient (Wildman–Crippen LogP) is 6.06. The van der Waals surface area contributed by atoms with E-state index in [2.05, 4.69) is 6.08 Å². The summed E-state index contributed by atoms with van der Waals surface area (Å²) >= 11 is 0. The van der Waals surface area contributed by atoms with E-state index in [4.69, 9.17) is 19.2 Å². The fourth-order valence-electron chi connectivity index (χ4n) is 4.45. The second-order valence-corrected chi connectivity index (χ2v) is 8.48. The van der Waals surface area contributed by atoms with Crippen LogP contribution >= 0.6 is 0 Å². The Balaban J connectivity index is 1.34. The number of aromatic nitrogens is 1. The summed E-state index contributed by atoms with van der Waals surface area (Å²) < 4.78 is 16.8. The van der Waals surface area contributed by atoms with Crippen molar-refractivity contribution in [3.63, 3.8) is 0 Å². The number of fused-ring (bicyclic) bond motifs is 2. The summed E-state index contributed by atoms with van der Waals surface area (Å²) in [6.07, 6.45) is 3.55. The van der Waals surface area contributed by atoms with Crippen molar-refractivity contribution in [2.24, 2.45) is 0 Å². The molecule has 0 saturated carbocycles. The van der Waals surface area contributed by atoms with E-state index in [1.54, 1.807) is 12.1 Å². The molecule has 0 radical (unpaired) electrons. The smallest absolute Gasteiger partial charge is 0.339 e. The van der Waals surface area contributed by atoms with Gasteiger partial charge in [-0.05, 0) is 85.0 Å². The van der Waals surface area contributed by atoms with Crippen molar-refractivity contribution in [2.45, 2.75) is 19.8 Å². The van der Waals surface area contributed by atoms with E-state index in [0.717, 1.165) is 45.5 Å². The Morgan fingerprint density at radius 2 is 1.64 bits per heavy atom. The third-order valence-electron chi connectivity index (χ3n) is 6.10. The van der Waals surface area contributed by atoms with Gasteiger partial charge < -0.3 is 19.3 Å². The van der Waals surface area contributed by atoms with Crippen LogP contribution in [-0.2, 0) is 11.2 Å². The number of para-hydroxylation sites is 1. The van der Waals surface area contributed by atoms with Gasteiger partial charge in [0.2, 0.25) is 0 Å². The number of benzene rings is 3. The maximum atomic E-state index is 13.3. The van der Waals surface area contributed by atoms with Crippen LogP contribution in [0.25, 0.3) is 22.6 Å². The van der Waals surface area contributed by atoms with Crippen molar-refractivity contribution in [3.05, 3.63) is 95.2 Å².